The number of nitrogens with one attached hydrogen (secondary N) is 2. The van der Waals surface area contributed by atoms with Crippen LogP contribution in [0.4, 0.5) is 11.4 Å². The van der Waals surface area contributed by atoms with Gasteiger partial charge < -0.3 is 29.0 Å². The Balaban J connectivity index is 1.82. The Morgan fingerprint density at radius 3 is 1.86 bits per heavy atom. The zero-order valence-corrected chi connectivity index (χ0v) is 21.8. The molecule has 0 saturated carbocycles. The van der Waals surface area contributed by atoms with Crippen molar-refractivity contribution in [1.29, 1.82) is 0 Å². The van der Waals surface area contributed by atoms with Gasteiger partial charge in [0.1, 0.15) is 28.7 Å². The molecule has 3 rings (SSSR count). The predicted octanol–water partition coefficient (Wildman–Crippen LogP) is 4.18. The van der Waals surface area contributed by atoms with Gasteiger partial charge >= 0.3 is 0 Å². The molecule has 0 spiro atoms. The van der Waals surface area contributed by atoms with E-state index in [1.54, 1.807) is 42.5 Å². The van der Waals surface area contributed by atoms with E-state index in [4.69, 9.17) is 23.7 Å². The average molecular weight is 529 g/mol. The Bertz CT molecular complexity index is 1360. The van der Waals surface area contributed by atoms with E-state index in [9.17, 15) is 13.2 Å². The maximum Gasteiger partial charge on any atom is 0.262 e. The Labute approximate surface area is 215 Å². The molecule has 0 radical (unpaired) electrons. The molecule has 1 amide bonds. The van der Waals surface area contributed by atoms with Crippen molar-refractivity contribution in [3.8, 4) is 28.7 Å². The predicted molar refractivity (Wildman–Crippen MR) is 141 cm³/mol. The number of amides is 1. The number of benzene rings is 3. The van der Waals surface area contributed by atoms with Gasteiger partial charge in [0, 0.05) is 23.9 Å². The van der Waals surface area contributed by atoms with Gasteiger partial charge in [0.25, 0.3) is 10.0 Å². The molecule has 37 heavy (non-hydrogen) atoms. The van der Waals surface area contributed by atoms with Gasteiger partial charge in [-0.25, -0.2) is 8.42 Å². The first-order valence-corrected chi connectivity index (χ1v) is 12.4. The summed E-state index contributed by atoms with van der Waals surface area (Å²) < 4.78 is 54.6. The molecule has 2 N–H and O–H groups in total. The van der Waals surface area contributed by atoms with Crippen LogP contribution in [-0.2, 0) is 14.8 Å². The lowest BCUT2D eigenvalue weighted by molar-refractivity contribution is -0.111. The second kappa shape index (κ2) is 12.0. The average Bonchev–Trinajstić information content (AvgIpc) is 2.91. The summed E-state index contributed by atoms with van der Waals surface area (Å²) in [5.41, 5.74) is 1.04. The standard InChI is InChI=1S/C26H28N2O8S/c1-32-18-7-9-20(10-8-18)37(30,31)28-22-14-17(6-12-23(22)34-3)27-26(29)13-11-21-24(35-4)15-19(33-2)16-25(21)36-5/h6-16,28H,1-5H3,(H,27,29)/b13-11+. The van der Waals surface area contributed by atoms with Crippen LogP contribution in [0.25, 0.3) is 6.08 Å². The minimum Gasteiger partial charge on any atom is -0.497 e. The first-order chi connectivity index (χ1) is 17.7. The van der Waals surface area contributed by atoms with Gasteiger partial charge in [-0.3, -0.25) is 9.52 Å². The molecule has 3 aromatic rings. The molecule has 0 aliphatic heterocycles. The van der Waals surface area contributed by atoms with Crippen molar-refractivity contribution >= 4 is 33.4 Å². The third-order valence-electron chi connectivity index (χ3n) is 5.24. The molecule has 0 heterocycles. The highest BCUT2D eigenvalue weighted by Gasteiger charge is 2.18. The molecule has 0 atom stereocenters. The molecule has 0 bridgehead atoms. The number of rotatable bonds is 11. The normalized spacial score (nSPS) is 11.1. The highest BCUT2D eigenvalue weighted by atomic mass is 32.2. The number of carbonyl (C=O) groups is 1. The van der Waals surface area contributed by atoms with E-state index in [2.05, 4.69) is 10.0 Å². The minimum absolute atomic E-state index is 0.0371. The second-order valence-electron chi connectivity index (χ2n) is 7.46. The number of anilines is 2. The van der Waals surface area contributed by atoms with Crippen LogP contribution in [0.15, 0.2) is 65.6 Å². The molecule has 0 unspecified atom stereocenters. The highest BCUT2D eigenvalue weighted by molar-refractivity contribution is 7.92. The summed E-state index contributed by atoms with van der Waals surface area (Å²) in [5, 5.41) is 2.70. The first-order valence-electron chi connectivity index (χ1n) is 10.9. The summed E-state index contributed by atoms with van der Waals surface area (Å²) >= 11 is 0. The van der Waals surface area contributed by atoms with Gasteiger partial charge in [-0.05, 0) is 48.5 Å². The van der Waals surface area contributed by atoms with Crippen LogP contribution >= 0.6 is 0 Å². The van der Waals surface area contributed by atoms with E-state index in [0.717, 1.165) is 0 Å². The molecule has 11 heteroatoms. The lowest BCUT2D eigenvalue weighted by Gasteiger charge is -2.14. The summed E-state index contributed by atoms with van der Waals surface area (Å²) in [6.07, 6.45) is 2.85. The number of methoxy groups -OCH3 is 5. The van der Waals surface area contributed by atoms with E-state index in [1.165, 1.54) is 59.8 Å². The van der Waals surface area contributed by atoms with Crippen LogP contribution in [0.2, 0.25) is 0 Å². The van der Waals surface area contributed by atoms with Crippen LogP contribution in [0.5, 0.6) is 28.7 Å². The summed E-state index contributed by atoms with van der Waals surface area (Å²) in [4.78, 5) is 12.7. The van der Waals surface area contributed by atoms with Crippen molar-refractivity contribution in [2.24, 2.45) is 0 Å². The summed E-state index contributed by atoms with van der Waals surface area (Å²) in [6.45, 7) is 0. The summed E-state index contributed by atoms with van der Waals surface area (Å²) in [6, 6.07) is 13.9. The van der Waals surface area contributed by atoms with Gasteiger partial charge in [0.2, 0.25) is 5.91 Å². The first kappa shape index (κ1) is 27.2. The van der Waals surface area contributed by atoms with Gasteiger partial charge in [-0.15, -0.1) is 0 Å². The topological polar surface area (TPSA) is 121 Å². The van der Waals surface area contributed by atoms with Gasteiger partial charge in [0.15, 0.2) is 0 Å². The van der Waals surface area contributed by atoms with E-state index >= 15 is 0 Å². The third-order valence-corrected chi connectivity index (χ3v) is 6.62. The number of carbonyl (C=O) groups excluding carboxylic acids is 1. The zero-order valence-electron chi connectivity index (χ0n) is 21.0. The molecular formula is C26H28N2O8S. The fourth-order valence-electron chi connectivity index (χ4n) is 3.36. The quantitative estimate of drug-likeness (QED) is 0.356. The molecule has 0 aromatic heterocycles. The van der Waals surface area contributed by atoms with Gasteiger partial charge in [0.05, 0.1) is 51.7 Å². The maximum absolute atomic E-state index is 12.9. The lowest BCUT2D eigenvalue weighted by atomic mass is 10.1. The molecule has 0 saturated heterocycles. The Morgan fingerprint density at radius 2 is 1.32 bits per heavy atom. The molecule has 0 aliphatic carbocycles. The summed E-state index contributed by atoms with van der Waals surface area (Å²) in [7, 11) is 3.49. The SMILES string of the molecule is COc1ccc(S(=O)(=O)Nc2cc(NC(=O)/C=C/c3c(OC)cc(OC)cc3OC)ccc2OC)cc1. The molecular weight excluding hydrogens is 500 g/mol. The van der Waals surface area contributed by atoms with E-state index < -0.39 is 15.9 Å². The number of sulfonamides is 1. The fraction of sp³-hybridized carbons (Fsp3) is 0.192. The molecule has 0 aliphatic rings. The van der Waals surface area contributed by atoms with Gasteiger partial charge in [-0.2, -0.15) is 0 Å². The highest BCUT2D eigenvalue weighted by Crippen LogP contribution is 2.35. The van der Waals surface area contributed by atoms with Crippen molar-refractivity contribution < 1.29 is 36.9 Å². The largest absolute Gasteiger partial charge is 0.497 e. The Morgan fingerprint density at radius 1 is 0.730 bits per heavy atom. The van der Waals surface area contributed by atoms with Gasteiger partial charge in [-0.1, -0.05) is 0 Å². The van der Waals surface area contributed by atoms with Crippen LogP contribution in [0.3, 0.4) is 0 Å². The molecule has 196 valence electrons. The maximum atomic E-state index is 12.9. The van der Waals surface area contributed by atoms with E-state index in [1.807, 2.05) is 0 Å². The molecule has 0 fully saturated rings. The smallest absolute Gasteiger partial charge is 0.262 e. The number of ether oxygens (including phenoxy) is 5. The number of hydrogen-bond donors (Lipinski definition) is 2. The van der Waals surface area contributed by atoms with Crippen molar-refractivity contribution in [3.05, 3.63) is 66.2 Å². The monoisotopic (exact) mass is 528 g/mol. The molecule has 3 aromatic carbocycles. The van der Waals surface area contributed by atoms with Crippen LogP contribution in [-0.4, -0.2) is 49.9 Å². The number of hydrogen-bond acceptors (Lipinski definition) is 8. The van der Waals surface area contributed by atoms with E-state index in [-0.39, 0.29) is 16.3 Å². The Hall–Kier alpha value is -4.38. The van der Waals surface area contributed by atoms with Crippen LogP contribution in [0.1, 0.15) is 5.56 Å². The minimum atomic E-state index is -3.93. The van der Waals surface area contributed by atoms with Crippen molar-refractivity contribution in [2.75, 3.05) is 45.6 Å². The van der Waals surface area contributed by atoms with E-state index in [0.29, 0.717) is 34.2 Å². The molecule has 10 nitrogen and oxygen atoms in total. The van der Waals surface area contributed by atoms with Crippen molar-refractivity contribution in [3.63, 3.8) is 0 Å². The lowest BCUT2D eigenvalue weighted by Crippen LogP contribution is -2.14. The Kier molecular flexibility index (Phi) is 8.86. The fourth-order valence-corrected chi connectivity index (χ4v) is 4.43. The van der Waals surface area contributed by atoms with Crippen LogP contribution in [0, 0.1) is 0 Å². The summed E-state index contributed by atoms with van der Waals surface area (Å²) in [5.74, 6) is 1.80. The third kappa shape index (κ3) is 6.64. The van der Waals surface area contributed by atoms with Crippen molar-refractivity contribution in [1.82, 2.24) is 0 Å². The van der Waals surface area contributed by atoms with Crippen molar-refractivity contribution in [2.45, 2.75) is 4.90 Å². The zero-order chi connectivity index (χ0) is 27.0. The van der Waals surface area contributed by atoms with Crippen LogP contribution < -0.4 is 33.7 Å². The second-order valence-corrected chi connectivity index (χ2v) is 9.15.